The first-order valence-electron chi connectivity index (χ1n) is 6.99. The van der Waals surface area contributed by atoms with Crippen LogP contribution in [0.5, 0.6) is 0 Å². The quantitative estimate of drug-likeness (QED) is 0.895. The minimum Gasteiger partial charge on any atom is -0.325 e. The van der Waals surface area contributed by atoms with Gasteiger partial charge < -0.3 is 5.32 Å². The van der Waals surface area contributed by atoms with E-state index in [0.29, 0.717) is 5.75 Å². The molecule has 1 amide bonds. The molecule has 0 bridgehead atoms. The molecule has 5 heteroatoms. The molecule has 0 spiro atoms. The van der Waals surface area contributed by atoms with E-state index in [1.54, 1.807) is 11.8 Å². The van der Waals surface area contributed by atoms with Gasteiger partial charge in [-0.15, -0.1) is 0 Å². The summed E-state index contributed by atoms with van der Waals surface area (Å²) in [4.78, 5) is 16.6. The minimum absolute atomic E-state index is 0.00208. The predicted octanol–water partition coefficient (Wildman–Crippen LogP) is 4.60. The van der Waals surface area contributed by atoms with Gasteiger partial charge in [0.15, 0.2) is 0 Å². The van der Waals surface area contributed by atoms with E-state index in [1.165, 1.54) is 17.3 Å². The highest BCUT2D eigenvalue weighted by Crippen LogP contribution is 2.34. The molecule has 0 fully saturated rings. The molecule has 0 saturated heterocycles. The van der Waals surface area contributed by atoms with Crippen molar-refractivity contribution in [2.75, 3.05) is 11.1 Å². The van der Waals surface area contributed by atoms with Gasteiger partial charge in [-0.25, -0.2) is 4.99 Å². The molecule has 0 atom stereocenters. The van der Waals surface area contributed by atoms with Gasteiger partial charge in [0.05, 0.1) is 11.4 Å². The molecule has 1 aliphatic heterocycles. The largest absolute Gasteiger partial charge is 0.325 e. The number of para-hydroxylation sites is 1. The number of nitrogens with one attached hydrogen (secondary N) is 1. The van der Waals surface area contributed by atoms with Crippen LogP contribution in [0.3, 0.4) is 0 Å². The molecular weight excluding hydrogens is 312 g/mol. The summed E-state index contributed by atoms with van der Waals surface area (Å²) < 4.78 is 0.957. The Morgan fingerprint density at radius 1 is 1.27 bits per heavy atom. The third-order valence-electron chi connectivity index (χ3n) is 3.18. The van der Waals surface area contributed by atoms with Crippen molar-refractivity contribution in [2.45, 2.75) is 12.7 Å². The van der Waals surface area contributed by atoms with Crippen LogP contribution in [0, 0.1) is 6.92 Å². The molecule has 3 nitrogen and oxygen atoms in total. The Morgan fingerprint density at radius 2 is 2.14 bits per heavy atom. The number of amides is 1. The maximum Gasteiger partial charge on any atom is 0.234 e. The van der Waals surface area contributed by atoms with Crippen LogP contribution in [0.25, 0.3) is 0 Å². The second-order valence-corrected chi connectivity index (χ2v) is 7.19. The lowest BCUT2D eigenvalue weighted by atomic mass is 10.2. The minimum atomic E-state index is -0.00208. The number of hydrogen-bond acceptors (Lipinski definition) is 4. The van der Waals surface area contributed by atoms with Crippen molar-refractivity contribution >= 4 is 45.2 Å². The molecule has 3 rings (SSSR count). The number of benzene rings is 2. The van der Waals surface area contributed by atoms with Crippen molar-refractivity contribution in [2.24, 2.45) is 4.99 Å². The molecule has 2 aromatic carbocycles. The zero-order chi connectivity index (χ0) is 15.4. The fraction of sp³-hybridized carbons (Fsp3) is 0.176. The van der Waals surface area contributed by atoms with E-state index in [-0.39, 0.29) is 5.91 Å². The standard InChI is InChI=1S/C17H16N2OS2/c1-12-5-4-7-14(9-12)18-16(20)11-22-17-19-15-8-3-2-6-13(15)10-21-17/h2-9H,10-11H2,1H3,(H,18,20). The highest BCUT2D eigenvalue weighted by molar-refractivity contribution is 8.38. The van der Waals surface area contributed by atoms with Crippen LogP contribution in [-0.2, 0) is 10.5 Å². The van der Waals surface area contributed by atoms with Gasteiger partial charge in [0.25, 0.3) is 0 Å². The van der Waals surface area contributed by atoms with Gasteiger partial charge in [0, 0.05) is 11.4 Å². The molecule has 0 saturated carbocycles. The summed E-state index contributed by atoms with van der Waals surface area (Å²) in [6.07, 6.45) is 0. The normalized spacial score (nSPS) is 13.2. The Kier molecular flexibility index (Phi) is 4.85. The van der Waals surface area contributed by atoms with E-state index in [1.807, 2.05) is 49.4 Å². The van der Waals surface area contributed by atoms with E-state index in [2.05, 4.69) is 16.4 Å². The number of carbonyl (C=O) groups excluding carboxylic acids is 1. The Labute approximate surface area is 138 Å². The van der Waals surface area contributed by atoms with Gasteiger partial charge in [-0.1, -0.05) is 53.9 Å². The molecule has 0 aromatic heterocycles. The molecule has 2 aromatic rings. The number of rotatable bonds is 3. The van der Waals surface area contributed by atoms with Crippen LogP contribution >= 0.6 is 23.5 Å². The molecule has 112 valence electrons. The third kappa shape index (κ3) is 3.93. The number of hydrogen-bond donors (Lipinski definition) is 1. The maximum absolute atomic E-state index is 12.0. The van der Waals surface area contributed by atoms with Crippen LogP contribution in [0.4, 0.5) is 11.4 Å². The fourth-order valence-electron chi connectivity index (χ4n) is 2.13. The molecule has 22 heavy (non-hydrogen) atoms. The summed E-state index contributed by atoms with van der Waals surface area (Å²) in [6, 6.07) is 15.9. The maximum atomic E-state index is 12.0. The summed E-state index contributed by atoms with van der Waals surface area (Å²) in [5.41, 5.74) is 4.24. The lowest BCUT2D eigenvalue weighted by molar-refractivity contribution is -0.113. The zero-order valence-electron chi connectivity index (χ0n) is 12.2. The highest BCUT2D eigenvalue weighted by Gasteiger charge is 2.14. The topological polar surface area (TPSA) is 41.5 Å². The average molecular weight is 328 g/mol. The summed E-state index contributed by atoms with van der Waals surface area (Å²) >= 11 is 3.18. The van der Waals surface area contributed by atoms with Crippen molar-refractivity contribution in [1.29, 1.82) is 0 Å². The zero-order valence-corrected chi connectivity index (χ0v) is 13.8. The second-order valence-electron chi connectivity index (χ2n) is 5.00. The van der Waals surface area contributed by atoms with Crippen LogP contribution in [0.2, 0.25) is 0 Å². The number of carbonyl (C=O) groups is 1. The summed E-state index contributed by atoms with van der Waals surface area (Å²) in [7, 11) is 0. The Morgan fingerprint density at radius 3 is 3.00 bits per heavy atom. The number of anilines is 1. The molecule has 0 unspecified atom stereocenters. The van der Waals surface area contributed by atoms with Crippen LogP contribution in [-0.4, -0.2) is 16.0 Å². The summed E-state index contributed by atoms with van der Waals surface area (Å²) in [5, 5.41) is 2.92. The number of aryl methyl sites for hydroxylation is 1. The monoisotopic (exact) mass is 328 g/mol. The Balaban J connectivity index is 1.57. The van der Waals surface area contributed by atoms with E-state index in [9.17, 15) is 4.79 Å². The van der Waals surface area contributed by atoms with E-state index in [4.69, 9.17) is 0 Å². The lowest BCUT2D eigenvalue weighted by Gasteiger charge is -2.14. The number of aliphatic imine (C=N–C) groups is 1. The molecule has 0 radical (unpaired) electrons. The Bertz CT molecular complexity index is 728. The van der Waals surface area contributed by atoms with Crippen molar-refractivity contribution in [1.82, 2.24) is 0 Å². The molecule has 1 N–H and O–H groups in total. The number of thioether (sulfide) groups is 2. The number of nitrogens with zero attached hydrogens (tertiary/aromatic N) is 1. The summed E-state index contributed by atoms with van der Waals surface area (Å²) in [5.74, 6) is 1.29. The highest BCUT2D eigenvalue weighted by atomic mass is 32.2. The predicted molar refractivity (Wildman–Crippen MR) is 97.1 cm³/mol. The fourth-order valence-corrected chi connectivity index (χ4v) is 4.00. The first-order chi connectivity index (χ1) is 10.7. The van der Waals surface area contributed by atoms with Gasteiger partial charge >= 0.3 is 0 Å². The van der Waals surface area contributed by atoms with Gasteiger partial charge in [-0.3, -0.25) is 4.79 Å². The van der Waals surface area contributed by atoms with Crippen molar-refractivity contribution in [3.63, 3.8) is 0 Å². The van der Waals surface area contributed by atoms with Crippen molar-refractivity contribution in [3.8, 4) is 0 Å². The Hall–Kier alpha value is -1.72. The van der Waals surface area contributed by atoms with Crippen molar-refractivity contribution in [3.05, 3.63) is 59.7 Å². The van der Waals surface area contributed by atoms with Crippen LogP contribution < -0.4 is 5.32 Å². The van der Waals surface area contributed by atoms with Crippen molar-refractivity contribution < 1.29 is 4.79 Å². The number of fused-ring (bicyclic) bond motifs is 1. The first kappa shape index (κ1) is 15.2. The lowest BCUT2D eigenvalue weighted by Crippen LogP contribution is -2.15. The van der Waals surface area contributed by atoms with E-state index in [0.717, 1.165) is 27.1 Å². The van der Waals surface area contributed by atoms with Crippen LogP contribution in [0.15, 0.2) is 53.5 Å². The van der Waals surface area contributed by atoms with Gasteiger partial charge in [0.2, 0.25) is 5.91 Å². The molecule has 0 aliphatic carbocycles. The summed E-state index contributed by atoms with van der Waals surface area (Å²) in [6.45, 7) is 2.01. The van der Waals surface area contributed by atoms with Gasteiger partial charge in [0.1, 0.15) is 4.38 Å². The van der Waals surface area contributed by atoms with Gasteiger partial charge in [-0.2, -0.15) is 0 Å². The molecular formula is C17H16N2OS2. The third-order valence-corrected chi connectivity index (χ3v) is 5.43. The smallest absolute Gasteiger partial charge is 0.234 e. The molecule has 1 heterocycles. The van der Waals surface area contributed by atoms with Gasteiger partial charge in [-0.05, 0) is 36.2 Å². The van der Waals surface area contributed by atoms with E-state index >= 15 is 0 Å². The van der Waals surface area contributed by atoms with E-state index < -0.39 is 0 Å². The molecule has 1 aliphatic rings. The van der Waals surface area contributed by atoms with Crippen LogP contribution in [0.1, 0.15) is 11.1 Å². The first-order valence-corrected chi connectivity index (χ1v) is 8.96. The average Bonchev–Trinajstić information content (AvgIpc) is 2.53. The SMILES string of the molecule is Cc1cccc(NC(=O)CSC2=Nc3ccccc3CS2)c1. The second kappa shape index (κ2) is 7.03.